The van der Waals surface area contributed by atoms with Gasteiger partial charge in [0, 0.05) is 17.8 Å². The molecule has 0 bridgehead atoms. The topological polar surface area (TPSA) is 55.6 Å². The summed E-state index contributed by atoms with van der Waals surface area (Å²) in [4.78, 5) is 13.1. The second-order valence-electron chi connectivity index (χ2n) is 4.03. The molecule has 0 heterocycles. The standard InChI is InChI=1S/C13H17FN2O2S/c1-3-6-16(8-12(17)18-2)9-4-5-10(13(15)19)11(14)7-9/h4-5,7H,3,6,8H2,1-2H3,(H2,15,19). The van der Waals surface area contributed by atoms with Crippen LogP contribution in [0.2, 0.25) is 0 Å². The third-order valence-electron chi connectivity index (χ3n) is 2.62. The molecular weight excluding hydrogens is 267 g/mol. The molecular formula is C13H17FN2O2S. The zero-order valence-electron chi connectivity index (χ0n) is 11.0. The fourth-order valence-corrected chi connectivity index (χ4v) is 1.86. The van der Waals surface area contributed by atoms with Crippen LogP contribution in [0.25, 0.3) is 0 Å². The van der Waals surface area contributed by atoms with Gasteiger partial charge in [0.2, 0.25) is 0 Å². The Kier molecular flexibility index (Phi) is 5.69. The predicted octanol–water partition coefficient (Wildman–Crippen LogP) is 1.85. The second-order valence-corrected chi connectivity index (χ2v) is 4.47. The average Bonchev–Trinajstić information content (AvgIpc) is 2.37. The van der Waals surface area contributed by atoms with Gasteiger partial charge in [-0.1, -0.05) is 19.1 Å². The van der Waals surface area contributed by atoms with Crippen LogP contribution in [0.5, 0.6) is 0 Å². The number of nitrogens with zero attached hydrogens (tertiary/aromatic N) is 1. The number of methoxy groups -OCH3 is 1. The third kappa shape index (κ3) is 4.17. The van der Waals surface area contributed by atoms with Crippen molar-refractivity contribution >= 4 is 28.9 Å². The van der Waals surface area contributed by atoms with Gasteiger partial charge in [-0.2, -0.15) is 0 Å². The summed E-state index contributed by atoms with van der Waals surface area (Å²) in [6, 6.07) is 4.54. The number of thiocarbonyl (C=S) groups is 1. The summed E-state index contributed by atoms with van der Waals surface area (Å²) in [6.45, 7) is 2.68. The normalized spacial score (nSPS) is 10.1. The second kappa shape index (κ2) is 7.04. The number of benzene rings is 1. The minimum absolute atomic E-state index is 0.0130. The highest BCUT2D eigenvalue weighted by Crippen LogP contribution is 2.19. The molecule has 1 aromatic carbocycles. The summed E-state index contributed by atoms with van der Waals surface area (Å²) in [7, 11) is 1.32. The first-order chi connectivity index (χ1) is 8.99. The lowest BCUT2D eigenvalue weighted by Crippen LogP contribution is -2.31. The van der Waals surface area contributed by atoms with Crippen molar-refractivity contribution in [3.63, 3.8) is 0 Å². The van der Waals surface area contributed by atoms with E-state index in [9.17, 15) is 9.18 Å². The number of nitrogens with two attached hydrogens (primary N) is 1. The number of halogens is 1. The first kappa shape index (κ1) is 15.4. The molecule has 0 amide bonds. The van der Waals surface area contributed by atoms with Crippen LogP contribution in [0.1, 0.15) is 18.9 Å². The summed E-state index contributed by atoms with van der Waals surface area (Å²) in [6.07, 6.45) is 0.829. The summed E-state index contributed by atoms with van der Waals surface area (Å²) in [5.74, 6) is -0.858. The third-order valence-corrected chi connectivity index (χ3v) is 2.84. The van der Waals surface area contributed by atoms with E-state index < -0.39 is 5.82 Å². The van der Waals surface area contributed by atoms with Crippen LogP contribution in [0.4, 0.5) is 10.1 Å². The maximum atomic E-state index is 13.8. The molecule has 0 saturated carbocycles. The van der Waals surface area contributed by atoms with Gasteiger partial charge in [-0.3, -0.25) is 4.79 Å². The number of carbonyl (C=O) groups is 1. The maximum absolute atomic E-state index is 13.8. The highest BCUT2D eigenvalue weighted by Gasteiger charge is 2.14. The molecule has 0 spiro atoms. The first-order valence-corrected chi connectivity index (χ1v) is 6.31. The SMILES string of the molecule is CCCN(CC(=O)OC)c1ccc(C(N)=S)c(F)c1. The van der Waals surface area contributed by atoms with E-state index in [0.717, 1.165) is 6.42 Å². The van der Waals surface area contributed by atoms with Gasteiger partial charge in [0.1, 0.15) is 17.4 Å². The molecule has 0 unspecified atom stereocenters. The largest absolute Gasteiger partial charge is 0.468 e. The van der Waals surface area contributed by atoms with Gasteiger partial charge >= 0.3 is 5.97 Å². The van der Waals surface area contributed by atoms with Crippen molar-refractivity contribution in [3.8, 4) is 0 Å². The maximum Gasteiger partial charge on any atom is 0.325 e. The Morgan fingerprint density at radius 2 is 2.21 bits per heavy atom. The van der Waals surface area contributed by atoms with Crippen molar-refractivity contribution in [2.24, 2.45) is 5.73 Å². The highest BCUT2D eigenvalue weighted by atomic mass is 32.1. The molecule has 0 atom stereocenters. The summed E-state index contributed by atoms with van der Waals surface area (Å²) in [5, 5.41) is 0. The lowest BCUT2D eigenvalue weighted by Gasteiger charge is -2.23. The average molecular weight is 284 g/mol. The van der Waals surface area contributed by atoms with Crippen LogP contribution in [-0.4, -0.2) is 31.2 Å². The summed E-state index contributed by atoms with van der Waals surface area (Å²) >= 11 is 4.75. The Hall–Kier alpha value is -1.69. The minimum Gasteiger partial charge on any atom is -0.468 e. The molecule has 19 heavy (non-hydrogen) atoms. The number of esters is 1. The van der Waals surface area contributed by atoms with Crippen LogP contribution in [0.15, 0.2) is 18.2 Å². The molecule has 0 fully saturated rings. The zero-order chi connectivity index (χ0) is 14.4. The van der Waals surface area contributed by atoms with E-state index in [1.54, 1.807) is 11.0 Å². The highest BCUT2D eigenvalue weighted by molar-refractivity contribution is 7.80. The smallest absolute Gasteiger partial charge is 0.325 e. The van der Waals surface area contributed by atoms with Gasteiger partial charge in [0.15, 0.2) is 0 Å². The molecule has 4 nitrogen and oxygen atoms in total. The van der Waals surface area contributed by atoms with Crippen molar-refractivity contribution in [2.75, 3.05) is 25.1 Å². The minimum atomic E-state index is -0.490. The molecule has 104 valence electrons. The zero-order valence-corrected chi connectivity index (χ0v) is 11.8. The van der Waals surface area contributed by atoms with Crippen LogP contribution < -0.4 is 10.6 Å². The van der Waals surface area contributed by atoms with Gasteiger partial charge in [-0.15, -0.1) is 0 Å². The van der Waals surface area contributed by atoms with Crippen LogP contribution in [-0.2, 0) is 9.53 Å². The fraction of sp³-hybridized carbons (Fsp3) is 0.385. The van der Waals surface area contributed by atoms with Crippen molar-refractivity contribution in [1.29, 1.82) is 0 Å². The Morgan fingerprint density at radius 3 is 2.68 bits per heavy atom. The van der Waals surface area contributed by atoms with E-state index >= 15 is 0 Å². The molecule has 0 saturated heterocycles. The van der Waals surface area contributed by atoms with Crippen molar-refractivity contribution in [1.82, 2.24) is 0 Å². The number of hydrogen-bond donors (Lipinski definition) is 1. The monoisotopic (exact) mass is 284 g/mol. The number of hydrogen-bond acceptors (Lipinski definition) is 4. The van der Waals surface area contributed by atoms with Crippen LogP contribution in [0, 0.1) is 5.82 Å². The molecule has 6 heteroatoms. The fourth-order valence-electron chi connectivity index (χ4n) is 1.69. The molecule has 1 rings (SSSR count). The van der Waals surface area contributed by atoms with E-state index in [1.165, 1.54) is 19.2 Å². The summed E-state index contributed by atoms with van der Waals surface area (Å²) < 4.78 is 18.4. The van der Waals surface area contributed by atoms with Crippen molar-refractivity contribution < 1.29 is 13.9 Å². The van der Waals surface area contributed by atoms with E-state index in [-0.39, 0.29) is 23.1 Å². The molecule has 0 aliphatic rings. The number of carbonyl (C=O) groups excluding carboxylic acids is 1. The lowest BCUT2D eigenvalue weighted by molar-refractivity contribution is -0.138. The molecule has 0 aromatic heterocycles. The van der Waals surface area contributed by atoms with Crippen LogP contribution in [0.3, 0.4) is 0 Å². The molecule has 0 aliphatic carbocycles. The van der Waals surface area contributed by atoms with Crippen molar-refractivity contribution in [2.45, 2.75) is 13.3 Å². The summed E-state index contributed by atoms with van der Waals surface area (Å²) in [5.41, 5.74) is 6.21. The van der Waals surface area contributed by atoms with E-state index in [4.69, 9.17) is 18.0 Å². The van der Waals surface area contributed by atoms with Crippen molar-refractivity contribution in [3.05, 3.63) is 29.6 Å². The van der Waals surface area contributed by atoms with Crippen LogP contribution >= 0.6 is 12.2 Å². The number of rotatable bonds is 6. The number of ether oxygens (including phenoxy) is 1. The first-order valence-electron chi connectivity index (χ1n) is 5.90. The van der Waals surface area contributed by atoms with Gasteiger partial charge in [0.25, 0.3) is 0 Å². The van der Waals surface area contributed by atoms with E-state index in [0.29, 0.717) is 12.2 Å². The Labute approximate surface area is 117 Å². The number of anilines is 1. The lowest BCUT2D eigenvalue weighted by atomic mass is 10.1. The van der Waals surface area contributed by atoms with Gasteiger partial charge in [-0.05, 0) is 24.6 Å². The molecule has 0 radical (unpaired) electrons. The van der Waals surface area contributed by atoms with Gasteiger partial charge in [-0.25, -0.2) is 4.39 Å². The Morgan fingerprint density at radius 1 is 1.53 bits per heavy atom. The molecule has 0 aliphatic heterocycles. The van der Waals surface area contributed by atoms with Gasteiger partial charge in [0.05, 0.1) is 7.11 Å². The van der Waals surface area contributed by atoms with Gasteiger partial charge < -0.3 is 15.4 Å². The van der Waals surface area contributed by atoms with E-state index in [2.05, 4.69) is 4.74 Å². The Balaban J connectivity index is 2.99. The predicted molar refractivity (Wildman–Crippen MR) is 76.8 cm³/mol. The quantitative estimate of drug-likeness (QED) is 0.638. The molecule has 2 N–H and O–H groups in total. The Bertz CT molecular complexity index is 480. The van der Waals surface area contributed by atoms with E-state index in [1.807, 2.05) is 6.92 Å². The molecule has 1 aromatic rings.